The molecule has 0 bridgehead atoms. The third kappa shape index (κ3) is 4.62. The van der Waals surface area contributed by atoms with Gasteiger partial charge in [0.15, 0.2) is 4.77 Å². The fourth-order valence-corrected chi connectivity index (χ4v) is 3.01. The third-order valence-corrected chi connectivity index (χ3v) is 4.36. The molecule has 0 aliphatic carbocycles. The number of aromatic nitrogens is 2. The average molecular weight is 383 g/mol. The van der Waals surface area contributed by atoms with Gasteiger partial charge in [-0.1, -0.05) is 25.1 Å². The second-order valence-electron chi connectivity index (χ2n) is 6.11. The number of carbonyl (C=O) groups excluding carboxylic acids is 1. The van der Waals surface area contributed by atoms with Crippen LogP contribution in [-0.2, 0) is 11.3 Å². The Morgan fingerprint density at radius 2 is 2.04 bits per heavy atom. The van der Waals surface area contributed by atoms with E-state index in [9.17, 15) is 9.59 Å². The summed E-state index contributed by atoms with van der Waals surface area (Å²) < 4.78 is 7.29. The number of nitrogens with zero attached hydrogens (tertiary/aromatic N) is 1. The maximum absolute atomic E-state index is 12.6. The van der Waals surface area contributed by atoms with Gasteiger partial charge in [-0.2, -0.15) is 0 Å². The number of carbonyl (C=O) groups is 1. The van der Waals surface area contributed by atoms with Crippen LogP contribution in [0.2, 0.25) is 0 Å². The molecule has 1 heterocycles. The zero-order chi connectivity index (χ0) is 19.2. The standard InChI is InChI=1S/C20H21N3O3S/c1-2-12-26-15-7-5-6-14(13-15)21-18(24)10-11-23-19(25)16-8-3-4-9-17(16)22-20(23)27/h3-9,13H,2,10-12H2,1H3,(H,21,24)(H,22,27). The lowest BCUT2D eigenvalue weighted by Crippen LogP contribution is -2.25. The molecule has 3 aromatic rings. The molecule has 27 heavy (non-hydrogen) atoms. The van der Waals surface area contributed by atoms with Crippen molar-refractivity contribution >= 4 is 34.7 Å². The van der Waals surface area contributed by atoms with Gasteiger partial charge in [0.05, 0.1) is 17.5 Å². The molecule has 7 heteroatoms. The van der Waals surface area contributed by atoms with Gasteiger partial charge in [-0.3, -0.25) is 14.2 Å². The van der Waals surface area contributed by atoms with Crippen LogP contribution >= 0.6 is 12.2 Å². The molecule has 0 atom stereocenters. The van der Waals surface area contributed by atoms with E-state index in [0.29, 0.717) is 33.7 Å². The Morgan fingerprint density at radius 3 is 2.85 bits per heavy atom. The van der Waals surface area contributed by atoms with Crippen molar-refractivity contribution in [1.82, 2.24) is 9.55 Å². The van der Waals surface area contributed by atoms with Gasteiger partial charge < -0.3 is 15.0 Å². The van der Waals surface area contributed by atoms with Crippen molar-refractivity contribution in [2.75, 3.05) is 11.9 Å². The van der Waals surface area contributed by atoms with Gasteiger partial charge in [-0.15, -0.1) is 0 Å². The Labute approximate surface area is 161 Å². The van der Waals surface area contributed by atoms with E-state index < -0.39 is 0 Å². The second kappa shape index (κ2) is 8.64. The fourth-order valence-electron chi connectivity index (χ4n) is 2.72. The van der Waals surface area contributed by atoms with Crippen LogP contribution in [0.15, 0.2) is 53.3 Å². The molecule has 0 saturated heterocycles. The smallest absolute Gasteiger partial charge is 0.262 e. The summed E-state index contributed by atoms with van der Waals surface area (Å²) in [6, 6.07) is 14.4. The van der Waals surface area contributed by atoms with E-state index in [1.165, 1.54) is 4.57 Å². The minimum Gasteiger partial charge on any atom is -0.494 e. The molecule has 3 rings (SSSR count). The number of para-hydroxylation sites is 1. The fraction of sp³-hybridized carbons (Fsp3) is 0.250. The SMILES string of the molecule is CCCOc1cccc(NC(=O)CCn2c(=S)[nH]c3ccccc3c2=O)c1. The number of H-pyrrole nitrogens is 1. The normalized spacial score (nSPS) is 10.7. The number of benzene rings is 2. The summed E-state index contributed by atoms with van der Waals surface area (Å²) in [4.78, 5) is 27.9. The molecule has 0 radical (unpaired) electrons. The first-order valence-corrected chi connectivity index (χ1v) is 9.24. The summed E-state index contributed by atoms with van der Waals surface area (Å²) >= 11 is 5.27. The number of rotatable bonds is 7. The van der Waals surface area contributed by atoms with Crippen molar-refractivity contribution in [2.24, 2.45) is 0 Å². The monoisotopic (exact) mass is 383 g/mol. The number of ether oxygens (including phenoxy) is 1. The number of hydrogen-bond donors (Lipinski definition) is 2. The van der Waals surface area contributed by atoms with Crippen molar-refractivity contribution in [1.29, 1.82) is 0 Å². The van der Waals surface area contributed by atoms with Crippen LogP contribution in [0.1, 0.15) is 19.8 Å². The molecule has 1 aromatic heterocycles. The number of hydrogen-bond acceptors (Lipinski definition) is 4. The van der Waals surface area contributed by atoms with Crippen LogP contribution in [0.4, 0.5) is 5.69 Å². The topological polar surface area (TPSA) is 76.1 Å². The molecular formula is C20H21N3O3S. The molecule has 2 aromatic carbocycles. The van der Waals surface area contributed by atoms with Crippen molar-refractivity contribution < 1.29 is 9.53 Å². The highest BCUT2D eigenvalue weighted by atomic mass is 32.1. The number of anilines is 1. The van der Waals surface area contributed by atoms with Crippen LogP contribution in [0, 0.1) is 4.77 Å². The molecular weight excluding hydrogens is 362 g/mol. The number of nitrogens with one attached hydrogen (secondary N) is 2. The van der Waals surface area contributed by atoms with Gasteiger partial charge in [0.1, 0.15) is 5.75 Å². The molecule has 140 valence electrons. The minimum absolute atomic E-state index is 0.135. The van der Waals surface area contributed by atoms with Gasteiger partial charge in [-0.25, -0.2) is 0 Å². The van der Waals surface area contributed by atoms with Crippen molar-refractivity contribution in [3.8, 4) is 5.75 Å². The van der Waals surface area contributed by atoms with Crippen molar-refractivity contribution in [2.45, 2.75) is 26.3 Å². The first-order valence-electron chi connectivity index (χ1n) is 8.83. The number of fused-ring (bicyclic) bond motifs is 1. The molecule has 2 N–H and O–H groups in total. The van der Waals surface area contributed by atoms with Crippen LogP contribution in [0.3, 0.4) is 0 Å². The summed E-state index contributed by atoms with van der Waals surface area (Å²) in [5.41, 5.74) is 1.15. The lowest BCUT2D eigenvalue weighted by Gasteiger charge is -2.10. The lowest BCUT2D eigenvalue weighted by molar-refractivity contribution is -0.116. The summed E-state index contributed by atoms with van der Waals surface area (Å²) in [5, 5.41) is 3.37. The van der Waals surface area contributed by atoms with E-state index >= 15 is 0 Å². The van der Waals surface area contributed by atoms with E-state index in [0.717, 1.165) is 6.42 Å². The molecule has 1 amide bonds. The van der Waals surface area contributed by atoms with Gasteiger partial charge >= 0.3 is 0 Å². The highest BCUT2D eigenvalue weighted by molar-refractivity contribution is 7.71. The first kappa shape index (κ1) is 18.8. The maximum Gasteiger partial charge on any atom is 0.262 e. The zero-order valence-electron chi connectivity index (χ0n) is 15.0. The zero-order valence-corrected chi connectivity index (χ0v) is 15.8. The Morgan fingerprint density at radius 1 is 1.22 bits per heavy atom. The van der Waals surface area contributed by atoms with Crippen molar-refractivity contribution in [3.63, 3.8) is 0 Å². The van der Waals surface area contributed by atoms with E-state index in [4.69, 9.17) is 17.0 Å². The average Bonchev–Trinajstić information content (AvgIpc) is 2.66. The largest absolute Gasteiger partial charge is 0.494 e. The molecule has 0 fully saturated rings. The molecule has 0 spiro atoms. The highest BCUT2D eigenvalue weighted by Crippen LogP contribution is 2.17. The predicted octanol–water partition coefficient (Wildman–Crippen LogP) is 3.88. The number of aromatic amines is 1. The highest BCUT2D eigenvalue weighted by Gasteiger charge is 2.08. The van der Waals surface area contributed by atoms with E-state index in [2.05, 4.69) is 10.3 Å². The van der Waals surface area contributed by atoms with Crippen LogP contribution in [0.5, 0.6) is 5.75 Å². The molecule has 0 saturated carbocycles. The summed E-state index contributed by atoms with van der Waals surface area (Å²) in [6.07, 6.45) is 1.05. The summed E-state index contributed by atoms with van der Waals surface area (Å²) in [7, 11) is 0. The quantitative estimate of drug-likeness (QED) is 0.607. The van der Waals surface area contributed by atoms with Crippen LogP contribution < -0.4 is 15.6 Å². The van der Waals surface area contributed by atoms with Crippen LogP contribution in [0.25, 0.3) is 10.9 Å². The second-order valence-corrected chi connectivity index (χ2v) is 6.49. The Kier molecular flexibility index (Phi) is 6.03. The molecule has 0 aliphatic rings. The Hall–Kier alpha value is -2.93. The van der Waals surface area contributed by atoms with Gasteiger partial charge in [0.25, 0.3) is 5.56 Å². The van der Waals surface area contributed by atoms with Crippen LogP contribution in [-0.4, -0.2) is 22.1 Å². The molecule has 0 aliphatic heterocycles. The van der Waals surface area contributed by atoms with Crippen molar-refractivity contribution in [3.05, 3.63) is 63.7 Å². The Bertz CT molecular complexity index is 1070. The van der Waals surface area contributed by atoms with E-state index in [-0.39, 0.29) is 24.4 Å². The van der Waals surface area contributed by atoms with Gasteiger partial charge in [0, 0.05) is 24.7 Å². The van der Waals surface area contributed by atoms with E-state index in [1.807, 2.05) is 25.1 Å². The summed E-state index contributed by atoms with van der Waals surface area (Å²) in [5.74, 6) is 0.514. The lowest BCUT2D eigenvalue weighted by atomic mass is 10.2. The van der Waals surface area contributed by atoms with E-state index in [1.54, 1.807) is 30.3 Å². The third-order valence-electron chi connectivity index (χ3n) is 4.04. The molecule has 6 nitrogen and oxygen atoms in total. The number of amides is 1. The summed E-state index contributed by atoms with van der Waals surface area (Å²) in [6.45, 7) is 2.86. The predicted molar refractivity (Wildman–Crippen MR) is 109 cm³/mol. The molecule has 0 unspecified atom stereocenters. The minimum atomic E-state index is -0.197. The van der Waals surface area contributed by atoms with Gasteiger partial charge in [-0.05, 0) is 42.9 Å². The first-order chi connectivity index (χ1) is 13.1. The Balaban J connectivity index is 1.69. The van der Waals surface area contributed by atoms with Gasteiger partial charge in [0.2, 0.25) is 5.91 Å². The maximum atomic E-state index is 12.6.